The number of sulfonamides is 2. The summed E-state index contributed by atoms with van der Waals surface area (Å²) >= 11 is 0. The van der Waals surface area contributed by atoms with Gasteiger partial charge in [0.25, 0.3) is 0 Å². The lowest BCUT2D eigenvalue weighted by Crippen LogP contribution is -2.50. The third-order valence-electron chi connectivity index (χ3n) is 11.3. The van der Waals surface area contributed by atoms with E-state index in [9.17, 15) is 26.4 Å². The number of aromatic amines is 2. The number of ketones is 2. The van der Waals surface area contributed by atoms with Gasteiger partial charge in [0.2, 0.25) is 20.0 Å². The smallest absolute Gasteiger partial charge is 0.243 e. The number of pyridine rings is 2. The first-order chi connectivity index (χ1) is 30.7. The van der Waals surface area contributed by atoms with Gasteiger partial charge in [-0.15, -0.1) is 13.2 Å². The molecular weight excluding hydrogens is 865 g/mol. The fourth-order valence-electron chi connectivity index (χ4n) is 7.90. The second-order valence-corrected chi connectivity index (χ2v) is 21.1. The number of aromatic nitrogens is 6. The number of benzene rings is 2. The highest BCUT2D eigenvalue weighted by molar-refractivity contribution is 7.89. The van der Waals surface area contributed by atoms with Crippen molar-refractivity contribution in [3.8, 4) is 22.8 Å². The highest BCUT2D eigenvalue weighted by Crippen LogP contribution is 2.29. The monoisotopic (exact) mass is 922 g/mol. The Balaban J connectivity index is 1.17. The van der Waals surface area contributed by atoms with Gasteiger partial charge in [-0.1, -0.05) is 64.1 Å². The van der Waals surface area contributed by atoms with Crippen molar-refractivity contribution in [2.24, 2.45) is 11.8 Å². The van der Waals surface area contributed by atoms with Crippen molar-refractivity contribution in [1.29, 1.82) is 0 Å². The van der Waals surface area contributed by atoms with E-state index in [4.69, 9.17) is 4.74 Å². The molecule has 0 spiro atoms. The molecule has 0 saturated heterocycles. The van der Waals surface area contributed by atoms with E-state index >= 15 is 0 Å². The lowest BCUT2D eigenvalue weighted by molar-refractivity contribution is -0.141. The molecule has 6 rings (SSSR count). The van der Waals surface area contributed by atoms with Crippen LogP contribution in [0.5, 0.6) is 0 Å². The number of nitrogens with zero attached hydrogens (tertiary/aromatic N) is 6. The number of ether oxygens (including phenoxy) is 1. The van der Waals surface area contributed by atoms with E-state index in [0.29, 0.717) is 24.5 Å². The number of imidazole rings is 2. The van der Waals surface area contributed by atoms with Crippen LogP contribution in [0.1, 0.15) is 74.7 Å². The van der Waals surface area contributed by atoms with Gasteiger partial charge < -0.3 is 14.7 Å². The summed E-state index contributed by atoms with van der Waals surface area (Å²) < 4.78 is 64.9. The molecule has 0 aromatic heterocycles. The summed E-state index contributed by atoms with van der Waals surface area (Å²) in [6, 6.07) is 14.2. The Morgan fingerprint density at radius 2 is 0.969 bits per heavy atom. The van der Waals surface area contributed by atoms with Crippen LogP contribution in [0.25, 0.3) is 22.8 Å². The minimum absolute atomic E-state index is 0.0129. The molecule has 0 radical (unpaired) electrons. The van der Waals surface area contributed by atoms with Gasteiger partial charge in [0.05, 0.1) is 33.3 Å². The quantitative estimate of drug-likeness (QED) is 0.0667. The fraction of sp³-hybridized carbons (Fsp3) is 0.375. The Labute approximate surface area is 382 Å². The number of hydrogen-bond acceptors (Lipinski definition) is 11. The van der Waals surface area contributed by atoms with Crippen molar-refractivity contribution in [1.82, 2.24) is 38.5 Å². The zero-order valence-electron chi connectivity index (χ0n) is 38.1. The summed E-state index contributed by atoms with van der Waals surface area (Å²) in [7, 11) is -5.76. The van der Waals surface area contributed by atoms with Crippen LogP contribution in [0.15, 0.2) is 108 Å². The Morgan fingerprint density at radius 1 is 0.615 bits per heavy atom. The maximum Gasteiger partial charge on any atom is 0.243 e. The normalized spacial score (nSPS) is 14.3. The molecule has 0 amide bonds. The fourth-order valence-corrected chi connectivity index (χ4v) is 10.6. The second kappa shape index (κ2) is 20.2. The van der Waals surface area contributed by atoms with E-state index in [1.54, 1.807) is 36.7 Å². The SMILES string of the molecule is C=CC(OC(C=C)C(=O)[C@H](CC(C)C)N(C)S(=O)(=O)c1ccc(Cc2[nH]ccc3nc(C)nc2-3)cc1)C(=O)[C@H](CC(C)C)N(C)S(=O)(=O)c1ccc(Cc2[nH]ccc3nc(C)nc2-3)cc1. The summed E-state index contributed by atoms with van der Waals surface area (Å²) in [4.78, 5) is 53.2. The van der Waals surface area contributed by atoms with Crippen molar-refractivity contribution in [3.63, 3.8) is 0 Å². The lowest BCUT2D eigenvalue weighted by atomic mass is 9.96. The van der Waals surface area contributed by atoms with E-state index in [1.165, 1.54) is 50.5 Å². The molecule has 2 unspecified atom stereocenters. The van der Waals surface area contributed by atoms with E-state index in [1.807, 2.05) is 53.7 Å². The van der Waals surface area contributed by atoms with E-state index in [-0.39, 0.29) is 34.5 Å². The molecule has 344 valence electrons. The summed E-state index contributed by atoms with van der Waals surface area (Å²) in [6.07, 6.45) is 4.30. The molecule has 0 aliphatic carbocycles. The van der Waals surface area contributed by atoms with Gasteiger partial charge in [-0.25, -0.2) is 36.8 Å². The molecule has 15 nitrogen and oxygen atoms in total. The van der Waals surface area contributed by atoms with E-state index in [0.717, 1.165) is 53.9 Å². The Hall–Kier alpha value is -5.72. The van der Waals surface area contributed by atoms with Gasteiger partial charge in [0.15, 0.2) is 11.6 Å². The first-order valence-electron chi connectivity index (χ1n) is 21.5. The van der Waals surface area contributed by atoms with Gasteiger partial charge in [-0.05, 0) is 86.1 Å². The number of carbonyl (C=O) groups is 2. The summed E-state index contributed by atoms with van der Waals surface area (Å²) in [5, 5.41) is 0. The zero-order chi connectivity index (χ0) is 47.4. The minimum atomic E-state index is -4.22. The number of Topliss-reactive ketones (excluding diaryl/α,β-unsaturated/α-hetero) is 2. The zero-order valence-corrected chi connectivity index (χ0v) is 39.8. The van der Waals surface area contributed by atoms with Crippen LogP contribution in [0, 0.1) is 25.7 Å². The molecule has 2 aromatic carbocycles. The maximum atomic E-state index is 14.4. The highest BCUT2D eigenvalue weighted by Gasteiger charge is 2.40. The van der Waals surface area contributed by atoms with Crippen LogP contribution in [-0.4, -0.2) is 105 Å². The van der Waals surface area contributed by atoms with Gasteiger partial charge in [-0.3, -0.25) is 9.59 Å². The summed E-state index contributed by atoms with van der Waals surface area (Å²) in [5.74, 6) is -0.206. The summed E-state index contributed by atoms with van der Waals surface area (Å²) in [6.45, 7) is 18.7. The number of aryl methyl sites for hydroxylation is 2. The Kier molecular flexibility index (Phi) is 15.1. The first-order valence-corrected chi connectivity index (χ1v) is 24.4. The van der Waals surface area contributed by atoms with Gasteiger partial charge in [-0.2, -0.15) is 8.61 Å². The standard InChI is InChI=1S/C48H58N8O7S2/c1-11-43(47(57)41(25-29(3)4)55(9)64(59,60)35-17-13-33(14-18-35)27-39-45-37(21-23-49-39)51-31(7)53-45)63-44(12-2)48(58)42(26-30(5)6)56(10)65(61,62)36-19-15-34(16-20-36)28-40-46-38(22-24-50-40)52-32(8)54-46/h11-24,29-30,41-44,49-50H,1-2,25-28H2,3-10H3/t41-,42-,43?,44?/m0/s1. The third-order valence-corrected chi connectivity index (χ3v) is 15.1. The molecule has 0 fully saturated rings. The average Bonchev–Trinajstić information content (AvgIpc) is 3.86. The molecule has 4 aliphatic heterocycles. The molecular formula is C48H58N8O7S2. The van der Waals surface area contributed by atoms with Crippen molar-refractivity contribution in [2.45, 2.75) is 101 Å². The molecule has 0 saturated carbocycles. The van der Waals surface area contributed by atoms with Crippen molar-refractivity contribution in [3.05, 3.63) is 133 Å². The van der Waals surface area contributed by atoms with Crippen LogP contribution < -0.4 is 0 Å². The predicted molar refractivity (Wildman–Crippen MR) is 249 cm³/mol. The number of H-pyrrole nitrogens is 2. The first kappa shape index (κ1) is 48.7. The number of rotatable bonds is 22. The van der Waals surface area contributed by atoms with Gasteiger partial charge >= 0.3 is 0 Å². The van der Waals surface area contributed by atoms with Crippen LogP contribution >= 0.6 is 0 Å². The topological polar surface area (TPSA) is 201 Å². The van der Waals surface area contributed by atoms with Crippen LogP contribution in [0.2, 0.25) is 0 Å². The second-order valence-electron chi connectivity index (χ2n) is 17.1. The number of fused-ring (bicyclic) bond motifs is 2. The lowest BCUT2D eigenvalue weighted by Gasteiger charge is -2.32. The van der Waals surface area contributed by atoms with Crippen molar-refractivity contribution in [2.75, 3.05) is 14.1 Å². The number of likely N-dealkylation sites (N-methyl/N-ethyl adjacent to an activating group) is 2. The van der Waals surface area contributed by atoms with Crippen LogP contribution in [0.3, 0.4) is 0 Å². The van der Waals surface area contributed by atoms with Gasteiger partial charge in [0.1, 0.15) is 35.2 Å². The Bertz CT molecular complexity index is 2610. The summed E-state index contributed by atoms with van der Waals surface area (Å²) in [5.41, 5.74) is 6.36. The largest absolute Gasteiger partial charge is 0.363 e. The average molecular weight is 923 g/mol. The highest BCUT2D eigenvalue weighted by atomic mass is 32.2. The minimum Gasteiger partial charge on any atom is -0.363 e. The molecule has 17 heteroatoms. The molecule has 4 atom stereocenters. The number of carbonyl (C=O) groups excluding carboxylic acids is 2. The van der Waals surface area contributed by atoms with Crippen LogP contribution in [0.4, 0.5) is 0 Å². The molecule has 2 aromatic rings. The Morgan fingerprint density at radius 3 is 1.29 bits per heavy atom. The maximum absolute atomic E-state index is 14.4. The molecule has 4 heterocycles. The number of hydrogen-bond donors (Lipinski definition) is 2. The van der Waals surface area contributed by atoms with E-state index in [2.05, 4.69) is 43.1 Å². The van der Waals surface area contributed by atoms with Crippen molar-refractivity contribution < 1.29 is 31.2 Å². The third kappa shape index (κ3) is 10.9. The molecule has 2 N–H and O–H groups in total. The molecule has 4 aliphatic rings. The van der Waals surface area contributed by atoms with Gasteiger partial charge in [0, 0.05) is 50.7 Å². The van der Waals surface area contributed by atoms with Crippen molar-refractivity contribution >= 4 is 31.6 Å². The number of nitrogens with one attached hydrogen (secondary N) is 2. The van der Waals surface area contributed by atoms with E-state index < -0.39 is 55.9 Å². The predicted octanol–water partition coefficient (Wildman–Crippen LogP) is 6.97. The molecule has 65 heavy (non-hydrogen) atoms. The van der Waals surface area contributed by atoms with Crippen LogP contribution in [-0.2, 0) is 47.2 Å². The molecule has 0 bridgehead atoms.